The van der Waals surface area contributed by atoms with Crippen molar-refractivity contribution < 1.29 is 42.1 Å². The number of benzene rings is 3. The molecule has 1 aliphatic rings. The van der Waals surface area contributed by atoms with Crippen molar-refractivity contribution in [3.63, 3.8) is 0 Å². The third-order valence-corrected chi connectivity index (χ3v) is 7.08. The average molecular weight is 585 g/mol. The van der Waals surface area contributed by atoms with Crippen LogP contribution in [0, 0.1) is 0 Å². The molecule has 0 saturated heterocycles. The van der Waals surface area contributed by atoms with E-state index in [1.165, 1.54) is 6.92 Å². The molecule has 0 aliphatic heterocycles. The molecular formula is C31H31F3N2O6. The number of alkyl halides is 3. The Kier molecular flexibility index (Phi) is 9.84. The second-order valence-electron chi connectivity index (χ2n) is 9.98. The maximum Gasteiger partial charge on any atom is 0.408 e. The van der Waals surface area contributed by atoms with Gasteiger partial charge in [0.25, 0.3) is 0 Å². The summed E-state index contributed by atoms with van der Waals surface area (Å²) in [6.45, 7) is 1.40. The van der Waals surface area contributed by atoms with Crippen molar-refractivity contribution in [3.05, 3.63) is 95.6 Å². The maximum atomic E-state index is 13.6. The van der Waals surface area contributed by atoms with Gasteiger partial charge in [-0.1, -0.05) is 78.9 Å². The summed E-state index contributed by atoms with van der Waals surface area (Å²) in [6, 6.07) is 20.3. The van der Waals surface area contributed by atoms with Crippen molar-refractivity contribution in [2.45, 2.75) is 56.7 Å². The highest BCUT2D eigenvalue weighted by Gasteiger charge is 2.42. The second kappa shape index (κ2) is 13.5. The number of alkyl carbamates (subject to hydrolysis) is 1. The van der Waals surface area contributed by atoms with Gasteiger partial charge in [0, 0.05) is 12.3 Å². The molecule has 2 amide bonds. The van der Waals surface area contributed by atoms with Crippen LogP contribution in [-0.2, 0) is 25.7 Å². The van der Waals surface area contributed by atoms with Gasteiger partial charge < -0.3 is 25.2 Å². The molecule has 3 aromatic carbocycles. The Bertz CT molecular complexity index is 1350. The number of carboxylic acid groups (broad SMARTS) is 1. The van der Waals surface area contributed by atoms with Gasteiger partial charge in [0.15, 0.2) is 0 Å². The first kappa shape index (κ1) is 30.6. The molecule has 3 N–H and O–H groups in total. The van der Waals surface area contributed by atoms with E-state index in [0.717, 1.165) is 27.8 Å². The third kappa shape index (κ3) is 7.67. The molecule has 0 heterocycles. The van der Waals surface area contributed by atoms with Crippen LogP contribution >= 0.6 is 0 Å². The van der Waals surface area contributed by atoms with Gasteiger partial charge in [0.2, 0.25) is 5.91 Å². The van der Waals surface area contributed by atoms with Crippen LogP contribution in [0.4, 0.5) is 18.0 Å². The molecule has 0 saturated carbocycles. The zero-order valence-electron chi connectivity index (χ0n) is 22.8. The summed E-state index contributed by atoms with van der Waals surface area (Å²) < 4.78 is 52.1. The third-order valence-electron chi connectivity index (χ3n) is 7.08. The van der Waals surface area contributed by atoms with E-state index in [9.17, 15) is 27.6 Å². The average Bonchev–Trinajstić information content (AvgIpc) is 3.29. The molecule has 11 heteroatoms. The van der Waals surface area contributed by atoms with Gasteiger partial charge in [0.05, 0.1) is 12.7 Å². The minimum atomic E-state index is -4.91. The van der Waals surface area contributed by atoms with Crippen molar-refractivity contribution in [1.29, 1.82) is 0 Å². The maximum absolute atomic E-state index is 13.6. The summed E-state index contributed by atoms with van der Waals surface area (Å²) in [7, 11) is 0. The predicted octanol–water partition coefficient (Wildman–Crippen LogP) is 5.41. The smallest absolute Gasteiger partial charge is 0.408 e. The van der Waals surface area contributed by atoms with E-state index in [2.05, 4.69) is 5.32 Å². The summed E-state index contributed by atoms with van der Waals surface area (Å²) >= 11 is 0. The molecule has 4 rings (SSSR count). The largest absolute Gasteiger partial charge is 0.481 e. The van der Waals surface area contributed by atoms with Crippen LogP contribution in [0.25, 0.3) is 11.1 Å². The van der Waals surface area contributed by atoms with Crippen LogP contribution in [0.5, 0.6) is 0 Å². The van der Waals surface area contributed by atoms with Crippen molar-refractivity contribution in [2.24, 2.45) is 0 Å². The highest BCUT2D eigenvalue weighted by Crippen LogP contribution is 2.44. The van der Waals surface area contributed by atoms with Gasteiger partial charge in [0.1, 0.15) is 18.7 Å². The standard InChI is InChI=1S/C31H31F3N2O6/c1-19(41-17-20-9-3-2-4-10-20)28(29(39)35-26(31(32,33)34)15-16-27(37)38)36-30(40)42-18-25-23-13-7-5-11-21(23)22-12-6-8-14-24(22)25/h2-14,19,25-26,28H,15-18H2,1H3,(H,35,39)(H,36,40)(H,37,38)/t19?,26-,28?/m0/s1. The lowest BCUT2D eigenvalue weighted by molar-refractivity contribution is -0.166. The summed E-state index contributed by atoms with van der Waals surface area (Å²) in [5.74, 6) is -2.89. The summed E-state index contributed by atoms with van der Waals surface area (Å²) in [5.41, 5.74) is 4.71. The molecule has 0 radical (unpaired) electrons. The van der Waals surface area contributed by atoms with Gasteiger partial charge in [-0.25, -0.2) is 4.79 Å². The van der Waals surface area contributed by atoms with Gasteiger partial charge in [-0.05, 0) is 41.2 Å². The summed E-state index contributed by atoms with van der Waals surface area (Å²) in [6.07, 6.45) is -8.68. The van der Waals surface area contributed by atoms with Gasteiger partial charge >= 0.3 is 18.2 Å². The lowest BCUT2D eigenvalue weighted by Crippen LogP contribution is -2.57. The van der Waals surface area contributed by atoms with Crippen molar-refractivity contribution in [2.75, 3.05) is 6.61 Å². The molecule has 3 atom stereocenters. The van der Waals surface area contributed by atoms with Gasteiger partial charge in [-0.15, -0.1) is 0 Å². The summed E-state index contributed by atoms with van der Waals surface area (Å²) in [5, 5.41) is 13.1. The van der Waals surface area contributed by atoms with Gasteiger partial charge in [-0.3, -0.25) is 9.59 Å². The highest BCUT2D eigenvalue weighted by molar-refractivity contribution is 5.86. The first-order valence-corrected chi connectivity index (χ1v) is 13.4. The normalized spacial score (nSPS) is 14.7. The molecule has 8 nitrogen and oxygen atoms in total. The van der Waals surface area contributed by atoms with Crippen LogP contribution in [0.3, 0.4) is 0 Å². The zero-order valence-corrected chi connectivity index (χ0v) is 22.8. The fourth-order valence-electron chi connectivity index (χ4n) is 4.91. The van der Waals surface area contributed by atoms with E-state index in [1.807, 2.05) is 53.8 Å². The fraction of sp³-hybridized carbons (Fsp3) is 0.323. The van der Waals surface area contributed by atoms with Crippen molar-refractivity contribution in [3.8, 4) is 11.1 Å². The zero-order chi connectivity index (χ0) is 30.3. The van der Waals surface area contributed by atoms with Crippen LogP contribution in [-0.4, -0.2) is 54.0 Å². The fourth-order valence-corrected chi connectivity index (χ4v) is 4.91. The molecule has 222 valence electrons. The Labute approximate surface area is 240 Å². The van der Waals surface area contributed by atoms with E-state index in [1.54, 1.807) is 30.3 Å². The van der Waals surface area contributed by atoms with E-state index < -0.39 is 55.2 Å². The Morgan fingerprint density at radius 2 is 1.45 bits per heavy atom. The number of aliphatic carboxylic acids is 1. The Morgan fingerprint density at radius 1 is 0.881 bits per heavy atom. The minimum absolute atomic E-state index is 0.0276. The van der Waals surface area contributed by atoms with E-state index >= 15 is 0 Å². The number of fused-ring (bicyclic) bond motifs is 3. The molecular weight excluding hydrogens is 553 g/mol. The number of carbonyl (C=O) groups is 3. The lowest BCUT2D eigenvalue weighted by atomic mass is 9.98. The molecule has 0 bridgehead atoms. The van der Waals surface area contributed by atoms with Crippen LogP contribution < -0.4 is 10.6 Å². The number of nitrogens with one attached hydrogen (secondary N) is 2. The van der Waals surface area contributed by atoms with E-state index in [0.29, 0.717) is 0 Å². The number of hydrogen-bond acceptors (Lipinski definition) is 5. The van der Waals surface area contributed by atoms with Crippen molar-refractivity contribution in [1.82, 2.24) is 10.6 Å². The van der Waals surface area contributed by atoms with Crippen LogP contribution in [0.1, 0.15) is 42.4 Å². The molecule has 0 spiro atoms. The van der Waals surface area contributed by atoms with E-state index in [4.69, 9.17) is 14.6 Å². The number of hydrogen-bond donors (Lipinski definition) is 3. The molecule has 42 heavy (non-hydrogen) atoms. The lowest BCUT2D eigenvalue weighted by Gasteiger charge is -2.28. The Morgan fingerprint density at radius 3 is 2.02 bits per heavy atom. The summed E-state index contributed by atoms with van der Waals surface area (Å²) in [4.78, 5) is 36.9. The molecule has 0 aromatic heterocycles. The quantitative estimate of drug-likeness (QED) is 0.262. The monoisotopic (exact) mass is 584 g/mol. The first-order chi connectivity index (χ1) is 20.0. The van der Waals surface area contributed by atoms with Crippen LogP contribution in [0.2, 0.25) is 0 Å². The predicted molar refractivity (Wildman–Crippen MR) is 148 cm³/mol. The first-order valence-electron chi connectivity index (χ1n) is 13.4. The van der Waals surface area contributed by atoms with Crippen LogP contribution in [0.15, 0.2) is 78.9 Å². The number of carbonyl (C=O) groups excluding carboxylic acids is 2. The SMILES string of the molecule is CC(OCc1ccccc1)C(NC(=O)OCC1c2ccccc2-c2ccccc21)C(=O)N[C@@H](CCC(=O)O)C(F)(F)F. The van der Waals surface area contributed by atoms with Gasteiger partial charge in [-0.2, -0.15) is 13.2 Å². The second-order valence-corrected chi connectivity index (χ2v) is 9.98. The topological polar surface area (TPSA) is 114 Å². The minimum Gasteiger partial charge on any atom is -0.481 e. The molecule has 1 aliphatic carbocycles. The Balaban J connectivity index is 1.47. The van der Waals surface area contributed by atoms with E-state index in [-0.39, 0.29) is 19.1 Å². The molecule has 3 aromatic rings. The molecule has 0 fully saturated rings. The highest BCUT2D eigenvalue weighted by atomic mass is 19.4. The number of rotatable bonds is 12. The number of amides is 2. The molecule has 2 unspecified atom stereocenters. The Hall–Kier alpha value is -4.38. The number of carboxylic acids is 1. The number of halogens is 3. The van der Waals surface area contributed by atoms with Crippen molar-refractivity contribution >= 4 is 18.0 Å². The number of ether oxygens (including phenoxy) is 2.